The lowest BCUT2D eigenvalue weighted by Crippen LogP contribution is -2.28. The predicted octanol–water partition coefficient (Wildman–Crippen LogP) is 0.613. The minimum absolute atomic E-state index is 0.0532. The number of anilines is 3. The van der Waals surface area contributed by atoms with Crippen molar-refractivity contribution in [1.29, 1.82) is 10.5 Å². The van der Waals surface area contributed by atoms with Gasteiger partial charge in [-0.2, -0.15) is 25.5 Å². The van der Waals surface area contributed by atoms with Crippen LogP contribution in [0.3, 0.4) is 0 Å². The summed E-state index contributed by atoms with van der Waals surface area (Å²) in [5.41, 5.74) is 0. The van der Waals surface area contributed by atoms with E-state index in [4.69, 9.17) is 10.5 Å². The Bertz CT molecular complexity index is 497. The van der Waals surface area contributed by atoms with Crippen molar-refractivity contribution in [1.82, 2.24) is 15.0 Å². The van der Waals surface area contributed by atoms with E-state index in [1.54, 1.807) is 4.90 Å². The fourth-order valence-electron chi connectivity index (χ4n) is 1.38. The van der Waals surface area contributed by atoms with Crippen LogP contribution in [0.15, 0.2) is 0 Å². The molecule has 1 heterocycles. The van der Waals surface area contributed by atoms with E-state index in [1.165, 1.54) is 4.90 Å². The van der Waals surface area contributed by atoms with Gasteiger partial charge < -0.3 is 15.1 Å². The molecule has 0 spiro atoms. The molecular weight excluding hydrogens is 256 g/mol. The molecule has 0 amide bonds. The van der Waals surface area contributed by atoms with Crippen LogP contribution in [0.25, 0.3) is 0 Å². The standard InChI is InChI=1S/C12H18N8/c1-4-7-15-10-16-11(19(2)3)18-12(17-10)20(8-5-13)9-6-14/h4,7-9H2,1-3H3,(H,15,16,17,18). The van der Waals surface area contributed by atoms with Gasteiger partial charge in [0.05, 0.1) is 12.1 Å². The van der Waals surface area contributed by atoms with Gasteiger partial charge in [0.25, 0.3) is 0 Å². The van der Waals surface area contributed by atoms with Gasteiger partial charge in [-0.25, -0.2) is 0 Å². The summed E-state index contributed by atoms with van der Waals surface area (Å²) in [4.78, 5) is 16.0. The molecule has 1 aromatic rings. The maximum absolute atomic E-state index is 8.82. The van der Waals surface area contributed by atoms with E-state index in [-0.39, 0.29) is 13.1 Å². The molecule has 106 valence electrons. The molecule has 8 heteroatoms. The Hall–Kier alpha value is -2.61. The second kappa shape index (κ2) is 7.74. The molecule has 0 aromatic carbocycles. The number of nitriles is 2. The summed E-state index contributed by atoms with van der Waals surface area (Å²) < 4.78 is 0. The second-order valence-corrected chi connectivity index (χ2v) is 4.25. The highest BCUT2D eigenvalue weighted by atomic mass is 15.3. The zero-order valence-electron chi connectivity index (χ0n) is 12.0. The van der Waals surface area contributed by atoms with E-state index >= 15 is 0 Å². The van der Waals surface area contributed by atoms with Crippen LogP contribution in [-0.4, -0.2) is 48.7 Å². The summed E-state index contributed by atoms with van der Waals surface area (Å²) in [6, 6.07) is 4.01. The Balaban J connectivity index is 3.12. The Morgan fingerprint density at radius 1 is 1.05 bits per heavy atom. The molecule has 0 saturated heterocycles. The van der Waals surface area contributed by atoms with Crippen LogP contribution in [-0.2, 0) is 0 Å². The van der Waals surface area contributed by atoms with Crippen molar-refractivity contribution >= 4 is 17.8 Å². The molecule has 0 aliphatic carbocycles. The smallest absolute Gasteiger partial charge is 0.233 e. The van der Waals surface area contributed by atoms with E-state index in [2.05, 4.69) is 20.3 Å². The van der Waals surface area contributed by atoms with Gasteiger partial charge in [0.15, 0.2) is 0 Å². The van der Waals surface area contributed by atoms with Crippen LogP contribution in [0.1, 0.15) is 13.3 Å². The number of aromatic nitrogens is 3. The summed E-state index contributed by atoms with van der Waals surface area (Å²) in [5.74, 6) is 1.25. The van der Waals surface area contributed by atoms with Crippen LogP contribution in [0.5, 0.6) is 0 Å². The number of nitrogens with one attached hydrogen (secondary N) is 1. The van der Waals surface area contributed by atoms with Crippen LogP contribution in [0.2, 0.25) is 0 Å². The van der Waals surface area contributed by atoms with Gasteiger partial charge in [-0.05, 0) is 6.42 Å². The highest BCUT2D eigenvalue weighted by molar-refractivity contribution is 5.45. The quantitative estimate of drug-likeness (QED) is 0.721. The van der Waals surface area contributed by atoms with Crippen molar-refractivity contribution in [3.05, 3.63) is 0 Å². The average molecular weight is 274 g/mol. The third-order valence-electron chi connectivity index (χ3n) is 2.35. The van der Waals surface area contributed by atoms with Crippen molar-refractivity contribution < 1.29 is 0 Å². The Labute approximate surface area is 118 Å². The summed E-state index contributed by atoms with van der Waals surface area (Å²) in [6.07, 6.45) is 0.943. The third kappa shape index (κ3) is 4.25. The largest absolute Gasteiger partial charge is 0.354 e. The number of rotatable bonds is 7. The van der Waals surface area contributed by atoms with Gasteiger partial charge in [-0.1, -0.05) is 6.92 Å². The first-order valence-electron chi connectivity index (χ1n) is 6.28. The molecule has 1 rings (SSSR count). The van der Waals surface area contributed by atoms with Crippen molar-refractivity contribution in [2.75, 3.05) is 48.8 Å². The lowest BCUT2D eigenvalue weighted by Gasteiger charge is -2.19. The molecule has 0 fully saturated rings. The number of hydrogen-bond acceptors (Lipinski definition) is 8. The first-order valence-corrected chi connectivity index (χ1v) is 6.28. The van der Waals surface area contributed by atoms with E-state index in [9.17, 15) is 0 Å². The molecular formula is C12H18N8. The monoisotopic (exact) mass is 274 g/mol. The molecule has 0 atom stereocenters. The zero-order chi connectivity index (χ0) is 15.0. The van der Waals surface area contributed by atoms with E-state index in [0.29, 0.717) is 17.8 Å². The molecule has 0 aliphatic heterocycles. The first kappa shape index (κ1) is 15.4. The topological polar surface area (TPSA) is 105 Å². The minimum atomic E-state index is 0.0532. The molecule has 0 unspecified atom stereocenters. The highest BCUT2D eigenvalue weighted by Crippen LogP contribution is 2.14. The van der Waals surface area contributed by atoms with Crippen molar-refractivity contribution in [3.63, 3.8) is 0 Å². The molecule has 0 saturated carbocycles. The number of hydrogen-bond donors (Lipinski definition) is 1. The lowest BCUT2D eigenvalue weighted by atomic mass is 10.5. The van der Waals surface area contributed by atoms with Crippen LogP contribution >= 0.6 is 0 Å². The molecule has 20 heavy (non-hydrogen) atoms. The summed E-state index contributed by atoms with van der Waals surface area (Å²) in [6.45, 7) is 2.89. The van der Waals surface area contributed by atoms with Gasteiger partial charge in [-0.3, -0.25) is 0 Å². The summed E-state index contributed by atoms with van der Waals surface area (Å²) in [7, 11) is 3.64. The van der Waals surface area contributed by atoms with Gasteiger partial charge in [0.1, 0.15) is 13.1 Å². The van der Waals surface area contributed by atoms with Crippen molar-refractivity contribution in [2.24, 2.45) is 0 Å². The summed E-state index contributed by atoms with van der Waals surface area (Å²) >= 11 is 0. The average Bonchev–Trinajstić information content (AvgIpc) is 2.44. The highest BCUT2D eigenvalue weighted by Gasteiger charge is 2.14. The zero-order valence-corrected chi connectivity index (χ0v) is 12.0. The first-order chi connectivity index (χ1) is 9.62. The fourth-order valence-corrected chi connectivity index (χ4v) is 1.38. The van der Waals surface area contributed by atoms with Crippen LogP contribution in [0.4, 0.5) is 17.8 Å². The van der Waals surface area contributed by atoms with Gasteiger partial charge in [0.2, 0.25) is 17.8 Å². The van der Waals surface area contributed by atoms with Gasteiger partial charge in [0, 0.05) is 20.6 Å². The molecule has 1 aromatic heterocycles. The second-order valence-electron chi connectivity index (χ2n) is 4.25. The van der Waals surface area contributed by atoms with Gasteiger partial charge in [-0.15, -0.1) is 0 Å². The Kier molecular flexibility index (Phi) is 5.98. The molecule has 8 nitrogen and oxygen atoms in total. The molecule has 0 aliphatic rings. The Morgan fingerprint density at radius 3 is 2.15 bits per heavy atom. The predicted molar refractivity (Wildman–Crippen MR) is 76.4 cm³/mol. The van der Waals surface area contributed by atoms with Gasteiger partial charge >= 0.3 is 0 Å². The van der Waals surface area contributed by atoms with Crippen molar-refractivity contribution in [3.8, 4) is 12.1 Å². The lowest BCUT2D eigenvalue weighted by molar-refractivity contribution is 0.855. The summed E-state index contributed by atoms with van der Waals surface area (Å²) in [5, 5.41) is 20.7. The Morgan fingerprint density at radius 2 is 1.65 bits per heavy atom. The van der Waals surface area contributed by atoms with Crippen molar-refractivity contribution in [2.45, 2.75) is 13.3 Å². The minimum Gasteiger partial charge on any atom is -0.354 e. The van der Waals surface area contributed by atoms with E-state index < -0.39 is 0 Å². The number of nitrogens with zero attached hydrogens (tertiary/aromatic N) is 7. The SMILES string of the molecule is CCCNc1nc(N(C)C)nc(N(CC#N)CC#N)n1. The molecule has 0 radical (unpaired) electrons. The van der Waals surface area contributed by atoms with E-state index in [0.717, 1.165) is 13.0 Å². The normalized spacial score (nSPS) is 9.45. The van der Waals surface area contributed by atoms with Crippen LogP contribution < -0.4 is 15.1 Å². The molecule has 1 N–H and O–H groups in total. The molecule has 0 bridgehead atoms. The third-order valence-corrected chi connectivity index (χ3v) is 2.35. The van der Waals surface area contributed by atoms with Crippen LogP contribution in [0, 0.1) is 22.7 Å². The maximum Gasteiger partial charge on any atom is 0.233 e. The van der Waals surface area contributed by atoms with E-state index in [1.807, 2.05) is 33.2 Å². The maximum atomic E-state index is 8.82. The fraction of sp³-hybridized carbons (Fsp3) is 0.583.